The lowest BCUT2D eigenvalue weighted by molar-refractivity contribution is -0.135. The largest absolute Gasteiger partial charge is 0.431 e. The molecule has 11 heteroatoms. The van der Waals surface area contributed by atoms with Crippen LogP contribution in [0.3, 0.4) is 0 Å². The number of hydrazine groups is 1. The van der Waals surface area contributed by atoms with Crippen molar-refractivity contribution in [2.24, 2.45) is 11.8 Å². The lowest BCUT2D eigenvalue weighted by Crippen LogP contribution is -2.55. The molecule has 0 radical (unpaired) electrons. The maximum atomic E-state index is 13.6. The van der Waals surface area contributed by atoms with E-state index in [4.69, 9.17) is 4.74 Å². The summed E-state index contributed by atoms with van der Waals surface area (Å²) in [4.78, 5) is 54.7. The number of benzene rings is 2. The molecule has 1 saturated heterocycles. The van der Waals surface area contributed by atoms with Crippen molar-refractivity contribution in [2.75, 3.05) is 19.1 Å². The van der Waals surface area contributed by atoms with Crippen molar-refractivity contribution in [3.8, 4) is 0 Å². The molecule has 2 aromatic rings. The molecule has 10 nitrogen and oxygen atoms in total. The summed E-state index contributed by atoms with van der Waals surface area (Å²) in [7, 11) is 3.98. The second-order valence-electron chi connectivity index (χ2n) is 11.6. The summed E-state index contributed by atoms with van der Waals surface area (Å²) in [5, 5.41) is 7.20. The maximum Gasteiger partial charge on any atom is 0.431 e. The van der Waals surface area contributed by atoms with Gasteiger partial charge in [-0.05, 0) is 69.1 Å². The summed E-state index contributed by atoms with van der Waals surface area (Å²) in [6, 6.07) is 15.1. The number of ketones is 1. The summed E-state index contributed by atoms with van der Waals surface area (Å²) < 4.78 is 5.35. The van der Waals surface area contributed by atoms with Gasteiger partial charge in [-0.1, -0.05) is 57.0 Å². The van der Waals surface area contributed by atoms with Crippen LogP contribution in [0.5, 0.6) is 0 Å². The van der Waals surface area contributed by atoms with Gasteiger partial charge in [-0.2, -0.15) is 5.43 Å². The Labute approximate surface area is 253 Å². The third kappa shape index (κ3) is 8.53. The molecule has 0 spiro atoms. The van der Waals surface area contributed by atoms with Crippen molar-refractivity contribution < 1.29 is 23.9 Å². The lowest BCUT2D eigenvalue weighted by Gasteiger charge is -2.33. The number of ether oxygens (including phenoxy) is 1. The Morgan fingerprint density at radius 2 is 1.69 bits per heavy atom. The molecule has 42 heavy (non-hydrogen) atoms. The van der Waals surface area contributed by atoms with Crippen LogP contribution in [0.2, 0.25) is 0 Å². The minimum absolute atomic E-state index is 0. The Kier molecular flexibility index (Phi) is 11.9. The van der Waals surface area contributed by atoms with Crippen LogP contribution >= 0.6 is 12.4 Å². The fourth-order valence-electron chi connectivity index (χ4n) is 5.40. The summed E-state index contributed by atoms with van der Waals surface area (Å²) >= 11 is 0. The number of cyclic esters (lactones) is 1. The van der Waals surface area contributed by atoms with Crippen LogP contribution in [-0.4, -0.2) is 61.0 Å². The number of Topliss-reactive ketones (excluding diaryl/α,β-unsaturated/α-hetero) is 1. The van der Waals surface area contributed by atoms with Crippen molar-refractivity contribution in [3.63, 3.8) is 0 Å². The molecule has 4 rings (SSSR count). The number of rotatable bonds is 11. The monoisotopic (exact) mass is 599 g/mol. The van der Waals surface area contributed by atoms with Gasteiger partial charge in [0.2, 0.25) is 17.9 Å². The molecule has 228 valence electrons. The van der Waals surface area contributed by atoms with E-state index in [2.05, 4.69) is 21.0 Å². The number of carbonyl (C=O) groups is 4. The summed E-state index contributed by atoms with van der Waals surface area (Å²) in [6.07, 6.45) is 1.54. The van der Waals surface area contributed by atoms with E-state index in [0.29, 0.717) is 30.5 Å². The SMILES string of the molecule is CC(C)CC(NC(=O)[C@@H]1CCCC[C@@H]1NC(=O)c1ccc(CN(C)C)cc1)C(=O)[C@H]1NN(c2ccccc2)C(=O)O1.Cl. The van der Waals surface area contributed by atoms with Gasteiger partial charge < -0.3 is 20.3 Å². The molecule has 4 atom stereocenters. The van der Waals surface area contributed by atoms with Gasteiger partial charge in [0.1, 0.15) is 0 Å². The highest BCUT2D eigenvalue weighted by molar-refractivity contribution is 5.98. The van der Waals surface area contributed by atoms with Crippen LogP contribution in [0.15, 0.2) is 54.6 Å². The van der Waals surface area contributed by atoms with Gasteiger partial charge in [0.25, 0.3) is 5.91 Å². The number of hydrogen-bond acceptors (Lipinski definition) is 7. The molecule has 1 heterocycles. The van der Waals surface area contributed by atoms with Gasteiger partial charge in [-0.25, -0.2) is 9.80 Å². The van der Waals surface area contributed by atoms with E-state index in [0.717, 1.165) is 24.9 Å². The van der Waals surface area contributed by atoms with Crippen LogP contribution in [0.4, 0.5) is 10.5 Å². The number of para-hydroxylation sites is 1. The first kappa shape index (κ1) is 33.0. The van der Waals surface area contributed by atoms with Crippen LogP contribution in [0, 0.1) is 11.8 Å². The molecule has 0 aromatic heterocycles. The molecule has 1 aliphatic heterocycles. The number of halogens is 1. The maximum absolute atomic E-state index is 13.6. The summed E-state index contributed by atoms with van der Waals surface area (Å²) in [5.41, 5.74) is 5.03. The Bertz CT molecular complexity index is 1220. The number of nitrogens with one attached hydrogen (secondary N) is 3. The topological polar surface area (TPSA) is 120 Å². The van der Waals surface area contributed by atoms with Gasteiger partial charge in [-0.15, -0.1) is 12.4 Å². The number of nitrogens with zero attached hydrogens (tertiary/aromatic N) is 2. The van der Waals surface area contributed by atoms with Gasteiger partial charge in [0.15, 0.2) is 0 Å². The van der Waals surface area contributed by atoms with Crippen molar-refractivity contribution >= 4 is 41.8 Å². The zero-order chi connectivity index (χ0) is 29.5. The van der Waals surface area contributed by atoms with E-state index < -0.39 is 30.1 Å². The second-order valence-corrected chi connectivity index (χ2v) is 11.6. The molecule has 3 amide bonds. The first-order valence-corrected chi connectivity index (χ1v) is 14.3. The fourth-order valence-corrected chi connectivity index (χ4v) is 5.40. The quantitative estimate of drug-likeness (QED) is 0.356. The molecule has 3 N–H and O–H groups in total. The fraction of sp³-hybridized carbons (Fsp3) is 0.484. The number of anilines is 1. The first-order chi connectivity index (χ1) is 19.6. The van der Waals surface area contributed by atoms with Crippen LogP contribution < -0.4 is 21.1 Å². The second kappa shape index (κ2) is 15.1. The van der Waals surface area contributed by atoms with E-state index >= 15 is 0 Å². The van der Waals surface area contributed by atoms with E-state index in [9.17, 15) is 19.2 Å². The Morgan fingerprint density at radius 3 is 2.33 bits per heavy atom. The van der Waals surface area contributed by atoms with Gasteiger partial charge in [-0.3, -0.25) is 14.4 Å². The molecule has 2 aliphatic rings. The molecule has 0 bridgehead atoms. The standard InChI is InChI=1S/C31H41N5O5.ClH/c1-20(2)18-26(27(37)30-34-36(31(40)41-30)23-10-6-5-7-11-23)33-29(39)24-12-8-9-13-25(24)32-28(38)22-16-14-21(15-17-22)19-35(3)4;/h5-7,10-11,14-17,20,24-26,30,34H,8-9,12-13,18-19H2,1-4H3,(H,32,38)(H,33,39);1H/t24-,25+,26?,30+;/m1./s1. The number of hydrogen-bond donors (Lipinski definition) is 3. The highest BCUT2D eigenvalue weighted by Crippen LogP contribution is 2.26. The van der Waals surface area contributed by atoms with Crippen LogP contribution in [0.1, 0.15) is 61.9 Å². The Hall–Kier alpha value is -3.47. The molecule has 2 aromatic carbocycles. The molecule has 1 aliphatic carbocycles. The minimum Gasteiger partial charge on any atom is -0.420 e. The average Bonchev–Trinajstić information content (AvgIpc) is 3.34. The zero-order valence-electron chi connectivity index (χ0n) is 24.7. The molecule has 1 unspecified atom stereocenters. The van der Waals surface area contributed by atoms with Crippen LogP contribution in [-0.2, 0) is 20.9 Å². The van der Waals surface area contributed by atoms with Crippen LogP contribution in [0.25, 0.3) is 0 Å². The van der Waals surface area contributed by atoms with Crippen molar-refractivity contribution in [1.82, 2.24) is 21.0 Å². The predicted octanol–water partition coefficient (Wildman–Crippen LogP) is 4.05. The summed E-state index contributed by atoms with van der Waals surface area (Å²) in [6.45, 7) is 4.71. The van der Waals surface area contributed by atoms with Gasteiger partial charge in [0.05, 0.1) is 17.6 Å². The normalized spacial score (nSPS) is 21.0. The third-order valence-corrected chi connectivity index (χ3v) is 7.42. The summed E-state index contributed by atoms with van der Waals surface area (Å²) in [5.74, 6) is -1.29. The molecular weight excluding hydrogens is 558 g/mol. The van der Waals surface area contributed by atoms with E-state index in [1.165, 1.54) is 5.01 Å². The van der Waals surface area contributed by atoms with Gasteiger partial charge >= 0.3 is 6.09 Å². The Morgan fingerprint density at radius 1 is 1.02 bits per heavy atom. The zero-order valence-corrected chi connectivity index (χ0v) is 25.5. The van der Waals surface area contributed by atoms with E-state index in [-0.39, 0.29) is 36.2 Å². The third-order valence-electron chi connectivity index (χ3n) is 7.42. The number of amides is 3. The van der Waals surface area contributed by atoms with Crippen molar-refractivity contribution in [3.05, 3.63) is 65.7 Å². The molecule has 1 saturated carbocycles. The van der Waals surface area contributed by atoms with Crippen molar-refractivity contribution in [1.29, 1.82) is 0 Å². The predicted molar refractivity (Wildman–Crippen MR) is 163 cm³/mol. The smallest absolute Gasteiger partial charge is 0.420 e. The van der Waals surface area contributed by atoms with Crippen molar-refractivity contribution in [2.45, 2.75) is 70.8 Å². The number of carbonyl (C=O) groups excluding carboxylic acids is 4. The molecular formula is C31H42ClN5O5. The highest BCUT2D eigenvalue weighted by Gasteiger charge is 2.41. The Balaban J connectivity index is 0.00000484. The highest BCUT2D eigenvalue weighted by atomic mass is 35.5. The van der Waals surface area contributed by atoms with E-state index in [1.807, 2.05) is 46.1 Å². The first-order valence-electron chi connectivity index (χ1n) is 14.3. The molecule has 2 fully saturated rings. The minimum atomic E-state index is -1.22. The lowest BCUT2D eigenvalue weighted by atomic mass is 9.83. The van der Waals surface area contributed by atoms with E-state index in [1.54, 1.807) is 36.4 Å². The van der Waals surface area contributed by atoms with Gasteiger partial charge in [0, 0.05) is 18.2 Å². The average molecular weight is 600 g/mol.